The number of rotatable bonds is 6. The molecule has 0 saturated heterocycles. The quantitative estimate of drug-likeness (QED) is 0.888. The van der Waals surface area contributed by atoms with Crippen molar-refractivity contribution in [3.63, 3.8) is 0 Å². The lowest BCUT2D eigenvalue weighted by molar-refractivity contribution is 0.318. The van der Waals surface area contributed by atoms with Gasteiger partial charge in [0.2, 0.25) is 0 Å². The highest BCUT2D eigenvalue weighted by Crippen LogP contribution is 2.21. The second-order valence-corrected chi connectivity index (χ2v) is 5.59. The van der Waals surface area contributed by atoms with Crippen LogP contribution in [0.5, 0.6) is 5.75 Å². The average molecular weight is 305 g/mol. The van der Waals surface area contributed by atoms with Crippen LogP contribution in [0.4, 0.5) is 0 Å². The van der Waals surface area contributed by atoms with Crippen LogP contribution in [0.15, 0.2) is 42.5 Å². The number of benzene rings is 2. The van der Waals surface area contributed by atoms with Crippen molar-refractivity contribution in [1.29, 1.82) is 0 Å². The van der Waals surface area contributed by atoms with Crippen LogP contribution in [0, 0.1) is 0 Å². The topological polar surface area (TPSA) is 38.5 Å². The summed E-state index contributed by atoms with van der Waals surface area (Å²) in [6, 6.07) is 14.1. The van der Waals surface area contributed by atoms with Crippen molar-refractivity contribution in [1.82, 2.24) is 4.90 Å². The highest BCUT2D eigenvalue weighted by atomic mass is 35.5. The van der Waals surface area contributed by atoms with E-state index in [1.165, 1.54) is 11.1 Å². The fourth-order valence-electron chi connectivity index (χ4n) is 2.37. The van der Waals surface area contributed by atoms with Gasteiger partial charge in [-0.1, -0.05) is 35.9 Å². The first kappa shape index (κ1) is 15.8. The fourth-order valence-corrected chi connectivity index (χ4v) is 2.58. The number of nitrogens with two attached hydrogens (primary N) is 1. The van der Waals surface area contributed by atoms with Gasteiger partial charge >= 0.3 is 0 Å². The molecule has 2 aromatic rings. The first-order chi connectivity index (χ1) is 10.1. The van der Waals surface area contributed by atoms with Gasteiger partial charge in [-0.2, -0.15) is 0 Å². The SMILES string of the molecule is COc1cc(CN(C)Cc2cccc(Cl)c2)ccc1CN. The van der Waals surface area contributed by atoms with Crippen LogP contribution in [0.2, 0.25) is 5.02 Å². The molecule has 0 amide bonds. The van der Waals surface area contributed by atoms with Gasteiger partial charge in [0.15, 0.2) is 0 Å². The first-order valence-electron chi connectivity index (χ1n) is 6.91. The van der Waals surface area contributed by atoms with E-state index < -0.39 is 0 Å². The Kier molecular flexibility index (Phi) is 5.62. The van der Waals surface area contributed by atoms with Crippen LogP contribution in [0.3, 0.4) is 0 Å². The predicted molar refractivity (Wildman–Crippen MR) is 87.5 cm³/mol. The average Bonchev–Trinajstić information content (AvgIpc) is 2.47. The smallest absolute Gasteiger partial charge is 0.123 e. The third-order valence-electron chi connectivity index (χ3n) is 3.37. The molecule has 0 heterocycles. The third-order valence-corrected chi connectivity index (χ3v) is 3.60. The van der Waals surface area contributed by atoms with Gasteiger partial charge in [0.05, 0.1) is 7.11 Å². The third kappa shape index (κ3) is 4.46. The van der Waals surface area contributed by atoms with Crippen molar-refractivity contribution in [3.8, 4) is 5.75 Å². The zero-order valence-electron chi connectivity index (χ0n) is 12.5. The molecule has 0 aromatic heterocycles. The van der Waals surface area contributed by atoms with Crippen LogP contribution >= 0.6 is 11.6 Å². The second-order valence-electron chi connectivity index (χ2n) is 5.15. The predicted octanol–water partition coefficient (Wildman–Crippen LogP) is 3.44. The van der Waals surface area contributed by atoms with Gasteiger partial charge in [0.25, 0.3) is 0 Å². The molecule has 0 radical (unpaired) electrons. The van der Waals surface area contributed by atoms with Crippen molar-refractivity contribution < 1.29 is 4.74 Å². The Morgan fingerprint density at radius 3 is 2.43 bits per heavy atom. The van der Waals surface area contributed by atoms with E-state index in [1.807, 2.05) is 24.3 Å². The molecule has 2 N–H and O–H groups in total. The zero-order valence-corrected chi connectivity index (χ0v) is 13.2. The molecule has 4 heteroatoms. The summed E-state index contributed by atoms with van der Waals surface area (Å²) in [4.78, 5) is 2.24. The molecule has 0 aliphatic heterocycles. The van der Waals surface area contributed by atoms with Crippen LogP contribution < -0.4 is 10.5 Å². The molecule has 112 valence electrons. The van der Waals surface area contributed by atoms with E-state index >= 15 is 0 Å². The summed E-state index contributed by atoms with van der Waals surface area (Å²) in [5.74, 6) is 0.853. The summed E-state index contributed by atoms with van der Waals surface area (Å²) in [7, 11) is 3.76. The molecule has 0 aliphatic carbocycles. The molecule has 0 saturated carbocycles. The summed E-state index contributed by atoms with van der Waals surface area (Å²) < 4.78 is 5.38. The maximum absolute atomic E-state index is 6.01. The lowest BCUT2D eigenvalue weighted by atomic mass is 10.1. The van der Waals surface area contributed by atoms with Gasteiger partial charge < -0.3 is 10.5 Å². The Labute approximate surface area is 131 Å². The fraction of sp³-hybridized carbons (Fsp3) is 0.294. The largest absolute Gasteiger partial charge is 0.496 e. The number of hydrogen-bond donors (Lipinski definition) is 1. The Balaban J connectivity index is 2.04. The molecule has 0 aliphatic rings. The van der Waals surface area contributed by atoms with E-state index in [2.05, 4.69) is 30.1 Å². The summed E-state index contributed by atoms with van der Waals surface area (Å²) in [6.07, 6.45) is 0. The van der Waals surface area contributed by atoms with Gasteiger partial charge in [0.1, 0.15) is 5.75 Å². The molecule has 0 fully saturated rings. The van der Waals surface area contributed by atoms with Crippen LogP contribution in [0.25, 0.3) is 0 Å². The summed E-state index contributed by atoms with van der Waals surface area (Å²) in [6.45, 7) is 2.18. The van der Waals surface area contributed by atoms with Gasteiger partial charge in [-0.3, -0.25) is 4.90 Å². The standard InChI is InChI=1S/C17H21ClN2O/c1-20(11-13-4-3-5-16(18)8-13)12-14-6-7-15(10-19)17(9-14)21-2/h3-9H,10-12,19H2,1-2H3. The van der Waals surface area contributed by atoms with Crippen molar-refractivity contribution in [2.75, 3.05) is 14.2 Å². The van der Waals surface area contributed by atoms with Crippen molar-refractivity contribution in [3.05, 3.63) is 64.2 Å². The second kappa shape index (κ2) is 7.46. The van der Waals surface area contributed by atoms with Crippen LogP contribution in [-0.2, 0) is 19.6 Å². The minimum absolute atomic E-state index is 0.488. The van der Waals surface area contributed by atoms with E-state index in [0.717, 1.165) is 29.4 Å². The molecule has 2 aromatic carbocycles. The first-order valence-corrected chi connectivity index (χ1v) is 7.29. The van der Waals surface area contributed by atoms with E-state index in [4.69, 9.17) is 22.1 Å². The molecule has 2 rings (SSSR count). The van der Waals surface area contributed by atoms with E-state index in [1.54, 1.807) is 7.11 Å². The van der Waals surface area contributed by atoms with E-state index in [9.17, 15) is 0 Å². The van der Waals surface area contributed by atoms with E-state index in [-0.39, 0.29) is 0 Å². The van der Waals surface area contributed by atoms with Gasteiger partial charge in [-0.25, -0.2) is 0 Å². The van der Waals surface area contributed by atoms with E-state index in [0.29, 0.717) is 6.54 Å². The van der Waals surface area contributed by atoms with Crippen molar-refractivity contribution in [2.45, 2.75) is 19.6 Å². The number of methoxy groups -OCH3 is 1. The molecule has 0 unspecified atom stereocenters. The van der Waals surface area contributed by atoms with Gasteiger partial charge in [-0.05, 0) is 36.4 Å². The van der Waals surface area contributed by atoms with Crippen LogP contribution in [0.1, 0.15) is 16.7 Å². The Hall–Kier alpha value is -1.55. The van der Waals surface area contributed by atoms with Gasteiger partial charge in [0, 0.05) is 30.2 Å². The van der Waals surface area contributed by atoms with Gasteiger partial charge in [-0.15, -0.1) is 0 Å². The monoisotopic (exact) mass is 304 g/mol. The molecule has 0 bridgehead atoms. The summed E-state index contributed by atoms with van der Waals surface area (Å²) >= 11 is 6.01. The minimum atomic E-state index is 0.488. The number of ether oxygens (including phenoxy) is 1. The lowest BCUT2D eigenvalue weighted by Gasteiger charge is -2.18. The molecule has 0 atom stereocenters. The number of nitrogens with zero attached hydrogens (tertiary/aromatic N) is 1. The van der Waals surface area contributed by atoms with Crippen LogP contribution in [-0.4, -0.2) is 19.1 Å². The normalized spacial score (nSPS) is 10.9. The summed E-state index contributed by atoms with van der Waals surface area (Å²) in [5, 5.41) is 0.773. The highest BCUT2D eigenvalue weighted by Gasteiger charge is 2.06. The number of hydrogen-bond acceptors (Lipinski definition) is 3. The maximum Gasteiger partial charge on any atom is 0.123 e. The Morgan fingerprint density at radius 1 is 1.10 bits per heavy atom. The molecule has 21 heavy (non-hydrogen) atoms. The molecular formula is C17H21ClN2O. The molecule has 0 spiro atoms. The van der Waals surface area contributed by atoms with Crippen molar-refractivity contribution >= 4 is 11.6 Å². The molecule has 3 nitrogen and oxygen atoms in total. The highest BCUT2D eigenvalue weighted by molar-refractivity contribution is 6.30. The number of halogens is 1. The Bertz CT molecular complexity index is 601. The minimum Gasteiger partial charge on any atom is -0.496 e. The lowest BCUT2D eigenvalue weighted by Crippen LogP contribution is -2.17. The Morgan fingerprint density at radius 2 is 1.81 bits per heavy atom. The zero-order chi connectivity index (χ0) is 15.2. The molecular weight excluding hydrogens is 284 g/mol. The summed E-state index contributed by atoms with van der Waals surface area (Å²) in [5.41, 5.74) is 9.12. The van der Waals surface area contributed by atoms with Crippen molar-refractivity contribution in [2.24, 2.45) is 5.73 Å². The maximum atomic E-state index is 6.01.